The number of rotatable bonds is 6. The van der Waals surface area contributed by atoms with Gasteiger partial charge in [0.25, 0.3) is 0 Å². The molecule has 19 heavy (non-hydrogen) atoms. The standard InChI is InChI=1S/C17H29NO/c1-12(2)17(6,11-18-7)15-8-9-16(14(5)10-15)19-13(3)4/h8-10,12-13,18H,11H2,1-7H3. The molecule has 2 nitrogen and oxygen atoms in total. The van der Waals surface area contributed by atoms with Gasteiger partial charge in [0.15, 0.2) is 0 Å². The maximum absolute atomic E-state index is 5.82. The van der Waals surface area contributed by atoms with E-state index in [0.29, 0.717) is 5.92 Å². The average Bonchev–Trinajstić information content (AvgIpc) is 2.31. The molecule has 108 valence electrons. The quantitative estimate of drug-likeness (QED) is 0.840. The van der Waals surface area contributed by atoms with Crippen molar-refractivity contribution in [1.29, 1.82) is 0 Å². The highest BCUT2D eigenvalue weighted by Crippen LogP contribution is 2.34. The summed E-state index contributed by atoms with van der Waals surface area (Å²) in [6, 6.07) is 6.60. The molecule has 1 aromatic carbocycles. The summed E-state index contributed by atoms with van der Waals surface area (Å²) in [5.74, 6) is 1.57. The second-order valence-electron chi connectivity index (χ2n) is 6.25. The van der Waals surface area contributed by atoms with Gasteiger partial charge in [-0.2, -0.15) is 0 Å². The maximum Gasteiger partial charge on any atom is 0.122 e. The zero-order valence-electron chi connectivity index (χ0n) is 13.5. The molecule has 0 aliphatic carbocycles. The van der Waals surface area contributed by atoms with Crippen LogP contribution < -0.4 is 10.1 Å². The molecule has 1 aromatic rings. The maximum atomic E-state index is 5.82. The van der Waals surface area contributed by atoms with Crippen molar-refractivity contribution in [2.75, 3.05) is 13.6 Å². The van der Waals surface area contributed by atoms with Gasteiger partial charge in [-0.3, -0.25) is 0 Å². The Balaban J connectivity index is 3.10. The summed E-state index contributed by atoms with van der Waals surface area (Å²) in [5, 5.41) is 3.32. The molecule has 2 heteroatoms. The fourth-order valence-electron chi connectivity index (χ4n) is 2.40. The van der Waals surface area contributed by atoms with Crippen molar-refractivity contribution in [3.63, 3.8) is 0 Å². The fraction of sp³-hybridized carbons (Fsp3) is 0.647. The van der Waals surface area contributed by atoms with E-state index in [2.05, 4.69) is 65.1 Å². The minimum Gasteiger partial charge on any atom is -0.491 e. The van der Waals surface area contributed by atoms with E-state index in [0.717, 1.165) is 12.3 Å². The van der Waals surface area contributed by atoms with Crippen LogP contribution in [0.15, 0.2) is 18.2 Å². The minimum atomic E-state index is 0.149. The summed E-state index contributed by atoms with van der Waals surface area (Å²) in [6.45, 7) is 14.1. The van der Waals surface area contributed by atoms with Gasteiger partial charge < -0.3 is 10.1 Å². The van der Waals surface area contributed by atoms with E-state index in [1.165, 1.54) is 11.1 Å². The van der Waals surface area contributed by atoms with Crippen LogP contribution in [0.2, 0.25) is 0 Å². The molecule has 0 aliphatic rings. The van der Waals surface area contributed by atoms with Gasteiger partial charge in [-0.25, -0.2) is 0 Å². The van der Waals surface area contributed by atoms with Crippen molar-refractivity contribution < 1.29 is 4.74 Å². The lowest BCUT2D eigenvalue weighted by Crippen LogP contribution is -2.38. The normalized spacial score (nSPS) is 14.8. The molecule has 0 aliphatic heterocycles. The smallest absolute Gasteiger partial charge is 0.122 e. The molecule has 0 saturated carbocycles. The Labute approximate surface area is 118 Å². The van der Waals surface area contributed by atoms with E-state index in [1.807, 2.05) is 7.05 Å². The van der Waals surface area contributed by atoms with Crippen molar-refractivity contribution in [2.45, 2.75) is 53.1 Å². The van der Waals surface area contributed by atoms with E-state index in [-0.39, 0.29) is 11.5 Å². The Kier molecular flexibility index (Phi) is 5.42. The molecule has 0 saturated heterocycles. The second-order valence-corrected chi connectivity index (χ2v) is 6.25. The van der Waals surface area contributed by atoms with Gasteiger partial charge in [-0.1, -0.05) is 32.9 Å². The van der Waals surface area contributed by atoms with E-state index in [1.54, 1.807) is 0 Å². The van der Waals surface area contributed by atoms with Crippen molar-refractivity contribution in [2.24, 2.45) is 5.92 Å². The summed E-state index contributed by atoms with van der Waals surface area (Å²) in [7, 11) is 2.02. The van der Waals surface area contributed by atoms with Crippen molar-refractivity contribution in [3.05, 3.63) is 29.3 Å². The van der Waals surface area contributed by atoms with Crippen molar-refractivity contribution >= 4 is 0 Å². The third-order valence-electron chi connectivity index (χ3n) is 4.02. The fourth-order valence-corrected chi connectivity index (χ4v) is 2.40. The Bertz CT molecular complexity index is 412. The molecule has 1 rings (SSSR count). The van der Waals surface area contributed by atoms with E-state index in [4.69, 9.17) is 4.74 Å². The molecule has 0 fully saturated rings. The minimum absolute atomic E-state index is 0.149. The van der Waals surface area contributed by atoms with Crippen molar-refractivity contribution in [1.82, 2.24) is 5.32 Å². The molecule has 1 N–H and O–H groups in total. The van der Waals surface area contributed by atoms with Crippen LogP contribution in [0.25, 0.3) is 0 Å². The third kappa shape index (κ3) is 3.73. The predicted molar refractivity (Wildman–Crippen MR) is 83.1 cm³/mol. The van der Waals surface area contributed by atoms with Crippen LogP contribution in [-0.4, -0.2) is 19.7 Å². The summed E-state index contributed by atoms with van der Waals surface area (Å²) in [6.07, 6.45) is 0.221. The first-order valence-electron chi connectivity index (χ1n) is 7.23. The summed E-state index contributed by atoms with van der Waals surface area (Å²) in [5.41, 5.74) is 2.75. The van der Waals surface area contributed by atoms with E-state index < -0.39 is 0 Å². The molecule has 0 heterocycles. The number of benzene rings is 1. The lowest BCUT2D eigenvalue weighted by atomic mass is 9.73. The molecular weight excluding hydrogens is 234 g/mol. The molecule has 0 aromatic heterocycles. The zero-order valence-corrected chi connectivity index (χ0v) is 13.5. The summed E-state index contributed by atoms with van der Waals surface area (Å²) < 4.78 is 5.82. The van der Waals surface area contributed by atoms with E-state index >= 15 is 0 Å². The number of aryl methyl sites for hydroxylation is 1. The molecule has 0 radical (unpaired) electrons. The van der Waals surface area contributed by atoms with Crippen LogP contribution in [0.3, 0.4) is 0 Å². The average molecular weight is 263 g/mol. The van der Waals surface area contributed by atoms with Crippen molar-refractivity contribution in [3.8, 4) is 5.75 Å². The Hall–Kier alpha value is -1.02. The zero-order chi connectivity index (χ0) is 14.6. The first-order valence-corrected chi connectivity index (χ1v) is 7.23. The van der Waals surface area contributed by atoms with Gasteiger partial charge in [0.1, 0.15) is 5.75 Å². The van der Waals surface area contributed by atoms with Crippen LogP contribution in [0, 0.1) is 12.8 Å². The molecule has 1 unspecified atom stereocenters. The number of nitrogens with one attached hydrogen (secondary N) is 1. The number of hydrogen-bond acceptors (Lipinski definition) is 2. The summed E-state index contributed by atoms with van der Waals surface area (Å²) >= 11 is 0. The van der Waals surface area contributed by atoms with Crippen LogP contribution in [0.4, 0.5) is 0 Å². The SMILES string of the molecule is CNCC(C)(c1ccc(OC(C)C)c(C)c1)C(C)C. The van der Waals surface area contributed by atoms with Gasteiger partial charge in [-0.15, -0.1) is 0 Å². The molecule has 0 amide bonds. The first-order chi connectivity index (χ1) is 8.81. The van der Waals surface area contributed by atoms with Gasteiger partial charge in [0.2, 0.25) is 0 Å². The van der Waals surface area contributed by atoms with Gasteiger partial charge >= 0.3 is 0 Å². The van der Waals surface area contributed by atoms with Gasteiger partial charge in [0.05, 0.1) is 6.10 Å². The monoisotopic (exact) mass is 263 g/mol. The number of ether oxygens (including phenoxy) is 1. The Morgan fingerprint density at radius 3 is 2.26 bits per heavy atom. The second kappa shape index (κ2) is 6.42. The predicted octanol–water partition coefficient (Wildman–Crippen LogP) is 3.92. The highest BCUT2D eigenvalue weighted by molar-refractivity contribution is 5.40. The largest absolute Gasteiger partial charge is 0.491 e. The third-order valence-corrected chi connectivity index (χ3v) is 4.02. The van der Waals surface area contributed by atoms with Crippen LogP contribution in [0.1, 0.15) is 45.7 Å². The molecular formula is C17H29NO. The lowest BCUT2D eigenvalue weighted by molar-refractivity contribution is 0.240. The molecule has 0 bridgehead atoms. The highest BCUT2D eigenvalue weighted by Gasteiger charge is 2.30. The van der Waals surface area contributed by atoms with Crippen LogP contribution in [0.5, 0.6) is 5.75 Å². The first kappa shape index (κ1) is 16.0. The topological polar surface area (TPSA) is 21.3 Å². The number of likely N-dealkylation sites (N-methyl/N-ethyl adjacent to an activating group) is 1. The summed E-state index contributed by atoms with van der Waals surface area (Å²) in [4.78, 5) is 0. The van der Waals surface area contributed by atoms with Crippen LogP contribution >= 0.6 is 0 Å². The highest BCUT2D eigenvalue weighted by atomic mass is 16.5. The van der Waals surface area contributed by atoms with E-state index in [9.17, 15) is 0 Å². The van der Waals surface area contributed by atoms with Crippen LogP contribution in [-0.2, 0) is 5.41 Å². The van der Waals surface area contributed by atoms with Gasteiger partial charge in [-0.05, 0) is 50.9 Å². The molecule has 1 atom stereocenters. The van der Waals surface area contributed by atoms with Gasteiger partial charge in [0, 0.05) is 12.0 Å². The number of hydrogen-bond donors (Lipinski definition) is 1. The lowest BCUT2D eigenvalue weighted by Gasteiger charge is -2.35. The Morgan fingerprint density at radius 1 is 1.21 bits per heavy atom. The Morgan fingerprint density at radius 2 is 1.84 bits per heavy atom. The molecule has 0 spiro atoms.